The largest absolute Gasteiger partial charge is 0.493 e. The molecule has 178 valence electrons. The van der Waals surface area contributed by atoms with E-state index in [0.29, 0.717) is 45.7 Å². The fourth-order valence-electron chi connectivity index (χ4n) is 4.22. The molecule has 2 aromatic carbocycles. The molecule has 35 heavy (non-hydrogen) atoms. The van der Waals surface area contributed by atoms with Crippen molar-refractivity contribution in [3.63, 3.8) is 0 Å². The molecule has 9 nitrogen and oxygen atoms in total. The highest BCUT2D eigenvalue weighted by Gasteiger charge is 2.20. The maximum atomic E-state index is 13.5. The Bertz CT molecular complexity index is 1560. The van der Waals surface area contributed by atoms with E-state index in [0.717, 1.165) is 22.0 Å². The number of ether oxygens (including phenoxy) is 4. The number of carbonyl (C=O) groups excluding carboxylic acids is 1. The normalized spacial score (nSPS) is 11.1. The average molecular weight is 473 g/mol. The average Bonchev–Trinajstić information content (AvgIpc) is 3.46. The number of pyridine rings is 1. The van der Waals surface area contributed by atoms with Crippen LogP contribution in [0.3, 0.4) is 0 Å². The number of hydrogen-bond donors (Lipinski definition) is 1. The van der Waals surface area contributed by atoms with Gasteiger partial charge in [-0.3, -0.25) is 4.79 Å². The van der Waals surface area contributed by atoms with E-state index in [9.17, 15) is 4.79 Å². The molecule has 0 amide bonds. The first kappa shape index (κ1) is 22.3. The van der Waals surface area contributed by atoms with Crippen LogP contribution >= 0.6 is 0 Å². The zero-order valence-corrected chi connectivity index (χ0v) is 20.0. The van der Waals surface area contributed by atoms with Crippen LogP contribution in [0.1, 0.15) is 15.9 Å². The van der Waals surface area contributed by atoms with E-state index in [4.69, 9.17) is 18.9 Å². The highest BCUT2D eigenvalue weighted by atomic mass is 16.5. The van der Waals surface area contributed by atoms with Crippen molar-refractivity contribution in [2.75, 3.05) is 28.4 Å². The minimum absolute atomic E-state index is 0.169. The van der Waals surface area contributed by atoms with Crippen LogP contribution in [-0.4, -0.2) is 53.7 Å². The molecule has 0 saturated carbocycles. The summed E-state index contributed by atoms with van der Waals surface area (Å²) in [5.41, 5.74) is 4.13. The Balaban J connectivity index is 1.61. The first-order valence-electron chi connectivity index (χ1n) is 10.8. The molecule has 1 N–H and O–H groups in total. The van der Waals surface area contributed by atoms with Crippen LogP contribution in [0.15, 0.2) is 48.7 Å². The molecule has 3 aromatic heterocycles. The number of ketones is 1. The van der Waals surface area contributed by atoms with Crippen molar-refractivity contribution in [1.82, 2.24) is 19.5 Å². The number of carbonyl (C=O) groups is 1. The van der Waals surface area contributed by atoms with Crippen LogP contribution in [-0.2, 0) is 7.05 Å². The van der Waals surface area contributed by atoms with Gasteiger partial charge in [0.1, 0.15) is 5.82 Å². The highest BCUT2D eigenvalue weighted by molar-refractivity contribution is 6.12. The molecule has 0 aliphatic carbocycles. The van der Waals surface area contributed by atoms with Gasteiger partial charge in [-0.25, -0.2) is 4.98 Å². The number of aryl methyl sites for hydroxylation is 1. The summed E-state index contributed by atoms with van der Waals surface area (Å²) < 4.78 is 23.4. The molecule has 5 rings (SSSR count). The lowest BCUT2D eigenvalue weighted by atomic mass is 10.00. The summed E-state index contributed by atoms with van der Waals surface area (Å²) in [4.78, 5) is 25.9. The van der Waals surface area contributed by atoms with Gasteiger partial charge in [-0.2, -0.15) is 4.98 Å². The summed E-state index contributed by atoms with van der Waals surface area (Å²) in [6.07, 6.45) is 1.98. The molecule has 5 aromatic rings. The summed E-state index contributed by atoms with van der Waals surface area (Å²) in [5, 5.41) is 0.886. The van der Waals surface area contributed by atoms with Crippen molar-refractivity contribution in [1.29, 1.82) is 0 Å². The van der Waals surface area contributed by atoms with Gasteiger partial charge in [0, 0.05) is 46.9 Å². The maximum Gasteiger partial charge on any atom is 0.215 e. The molecular formula is C26H24N4O5. The van der Waals surface area contributed by atoms with Crippen LogP contribution in [0.2, 0.25) is 0 Å². The topological polar surface area (TPSA) is 100 Å². The molecule has 0 bridgehead atoms. The van der Waals surface area contributed by atoms with E-state index in [-0.39, 0.29) is 5.78 Å². The third-order valence-electron chi connectivity index (χ3n) is 5.96. The summed E-state index contributed by atoms with van der Waals surface area (Å²) in [5.74, 6) is 2.25. The molecule has 0 spiro atoms. The lowest BCUT2D eigenvalue weighted by Gasteiger charge is -2.13. The Labute approximate surface area is 201 Å². The Morgan fingerprint density at radius 3 is 2.26 bits per heavy atom. The lowest BCUT2D eigenvalue weighted by Crippen LogP contribution is -2.04. The number of nitrogens with one attached hydrogen (secondary N) is 1. The fraction of sp³-hybridized carbons (Fsp3) is 0.192. The summed E-state index contributed by atoms with van der Waals surface area (Å²) in [7, 11) is 8.09. The monoisotopic (exact) mass is 472 g/mol. The van der Waals surface area contributed by atoms with Crippen LogP contribution in [0.4, 0.5) is 0 Å². The van der Waals surface area contributed by atoms with Gasteiger partial charge in [-0.05, 0) is 36.4 Å². The fourth-order valence-corrected chi connectivity index (χ4v) is 4.22. The van der Waals surface area contributed by atoms with Crippen LogP contribution < -0.4 is 18.9 Å². The molecule has 9 heteroatoms. The van der Waals surface area contributed by atoms with Crippen molar-refractivity contribution in [2.24, 2.45) is 7.05 Å². The molecule has 0 atom stereocenters. The molecule has 0 saturated heterocycles. The van der Waals surface area contributed by atoms with E-state index in [1.165, 1.54) is 21.3 Å². The number of rotatable bonds is 7. The third kappa shape index (κ3) is 3.71. The summed E-state index contributed by atoms with van der Waals surface area (Å²) >= 11 is 0. The summed E-state index contributed by atoms with van der Waals surface area (Å²) in [6, 6.07) is 12.6. The van der Waals surface area contributed by atoms with Crippen LogP contribution in [0.25, 0.3) is 33.5 Å². The third-order valence-corrected chi connectivity index (χ3v) is 5.96. The molecule has 0 fully saturated rings. The number of methoxy groups -OCH3 is 4. The summed E-state index contributed by atoms with van der Waals surface area (Å²) in [6.45, 7) is 0. The second-order valence-corrected chi connectivity index (χ2v) is 7.94. The number of nitrogens with zero attached hydrogens (tertiary/aromatic N) is 3. The van der Waals surface area contributed by atoms with E-state index in [1.807, 2.05) is 42.1 Å². The number of benzene rings is 2. The van der Waals surface area contributed by atoms with Crippen LogP contribution in [0.5, 0.6) is 23.1 Å². The standard InChI is InChI=1S/C26H24N4O5/c1-30-13-17(25-27-18-7-9-22(34-4)28-26(18)29-25)16-10-14(6-8-19(16)30)23(31)15-11-20(32-2)24(35-5)21(12-15)33-3/h6-13H,1-5H3,(H,27,28,29). The van der Waals surface area contributed by atoms with Crippen molar-refractivity contribution in [2.45, 2.75) is 0 Å². The quantitative estimate of drug-likeness (QED) is 0.351. The Hall–Kier alpha value is -4.53. The molecule has 0 radical (unpaired) electrons. The predicted molar refractivity (Wildman–Crippen MR) is 132 cm³/mol. The van der Waals surface area contributed by atoms with E-state index < -0.39 is 0 Å². The van der Waals surface area contributed by atoms with Gasteiger partial charge >= 0.3 is 0 Å². The van der Waals surface area contributed by atoms with Crippen molar-refractivity contribution in [3.05, 3.63) is 59.8 Å². The van der Waals surface area contributed by atoms with Gasteiger partial charge in [0.15, 0.2) is 22.9 Å². The maximum absolute atomic E-state index is 13.5. The van der Waals surface area contributed by atoms with Gasteiger partial charge in [-0.15, -0.1) is 0 Å². The predicted octanol–water partition coefficient (Wildman–Crippen LogP) is 4.38. The molecule has 0 unspecified atom stereocenters. The second-order valence-electron chi connectivity index (χ2n) is 7.94. The Kier molecular flexibility index (Phi) is 5.52. The smallest absolute Gasteiger partial charge is 0.215 e. The molecule has 0 aliphatic rings. The molecule has 3 heterocycles. The van der Waals surface area contributed by atoms with Gasteiger partial charge < -0.3 is 28.5 Å². The van der Waals surface area contributed by atoms with E-state index >= 15 is 0 Å². The number of aromatic amines is 1. The Morgan fingerprint density at radius 2 is 1.60 bits per heavy atom. The van der Waals surface area contributed by atoms with Gasteiger partial charge in [0.05, 0.1) is 34.0 Å². The van der Waals surface area contributed by atoms with Crippen LogP contribution in [0, 0.1) is 0 Å². The minimum Gasteiger partial charge on any atom is -0.493 e. The van der Waals surface area contributed by atoms with Gasteiger partial charge in [0.25, 0.3) is 0 Å². The molecular weight excluding hydrogens is 448 g/mol. The number of H-pyrrole nitrogens is 1. The molecule has 0 aliphatic heterocycles. The Morgan fingerprint density at radius 1 is 0.857 bits per heavy atom. The number of imidazole rings is 1. The zero-order valence-electron chi connectivity index (χ0n) is 20.0. The van der Waals surface area contributed by atoms with Crippen molar-refractivity contribution >= 4 is 27.9 Å². The first-order valence-corrected chi connectivity index (χ1v) is 10.8. The number of fused-ring (bicyclic) bond motifs is 2. The number of hydrogen-bond acceptors (Lipinski definition) is 7. The lowest BCUT2D eigenvalue weighted by molar-refractivity contribution is 0.103. The van der Waals surface area contributed by atoms with Gasteiger partial charge in [0.2, 0.25) is 11.6 Å². The van der Waals surface area contributed by atoms with E-state index in [2.05, 4.69) is 15.0 Å². The zero-order chi connectivity index (χ0) is 24.7. The highest BCUT2D eigenvalue weighted by Crippen LogP contribution is 2.39. The number of aromatic nitrogens is 4. The van der Waals surface area contributed by atoms with Gasteiger partial charge in [-0.1, -0.05) is 0 Å². The minimum atomic E-state index is -0.169. The van der Waals surface area contributed by atoms with Crippen molar-refractivity contribution in [3.8, 4) is 34.5 Å². The first-order chi connectivity index (χ1) is 17.0. The SMILES string of the molecule is COc1ccc2[nH]c(-c3cn(C)c4ccc(C(=O)c5cc(OC)c(OC)c(OC)c5)cc34)nc2n1. The second kappa shape index (κ2) is 8.68. The van der Waals surface area contributed by atoms with Crippen molar-refractivity contribution < 1.29 is 23.7 Å². The van der Waals surface area contributed by atoms with E-state index in [1.54, 1.807) is 25.3 Å².